The Morgan fingerprint density at radius 1 is 1.19 bits per heavy atom. The van der Waals surface area contributed by atoms with E-state index in [1.807, 2.05) is 13.0 Å². The average Bonchev–Trinajstić information content (AvgIpc) is 2.65. The van der Waals surface area contributed by atoms with Gasteiger partial charge in [0, 0.05) is 6.04 Å². The van der Waals surface area contributed by atoms with E-state index in [9.17, 15) is 0 Å². The van der Waals surface area contributed by atoms with Crippen LogP contribution in [0.25, 0.3) is 0 Å². The minimum absolute atomic E-state index is 0.316. The first-order valence-corrected chi connectivity index (χ1v) is 6.49. The Kier molecular flexibility index (Phi) is 5.61. The maximum atomic E-state index is 5.64. The van der Waals surface area contributed by atoms with Gasteiger partial charge in [-0.2, -0.15) is 0 Å². The van der Waals surface area contributed by atoms with Crippen molar-refractivity contribution in [1.29, 1.82) is 0 Å². The molecule has 0 aliphatic heterocycles. The lowest BCUT2D eigenvalue weighted by Gasteiger charge is -2.21. The molecule has 1 aromatic rings. The topological polar surface area (TPSA) is 25.2 Å². The van der Waals surface area contributed by atoms with Crippen LogP contribution in [0.3, 0.4) is 0 Å². The van der Waals surface area contributed by atoms with Crippen LogP contribution >= 0.6 is 0 Å². The molecule has 1 aromatic heterocycles. The van der Waals surface area contributed by atoms with Gasteiger partial charge < -0.3 is 9.73 Å². The van der Waals surface area contributed by atoms with Crippen LogP contribution in [0.2, 0.25) is 0 Å². The van der Waals surface area contributed by atoms with Crippen molar-refractivity contribution in [1.82, 2.24) is 5.32 Å². The monoisotopic (exact) mass is 223 g/mol. The molecule has 0 saturated carbocycles. The number of aryl methyl sites for hydroxylation is 1. The van der Waals surface area contributed by atoms with E-state index < -0.39 is 0 Å². The number of nitrogens with one attached hydrogen (secondary N) is 1. The van der Waals surface area contributed by atoms with Gasteiger partial charge in [-0.25, -0.2) is 0 Å². The third kappa shape index (κ3) is 4.01. The van der Waals surface area contributed by atoms with Crippen LogP contribution in [0.5, 0.6) is 0 Å². The molecule has 0 spiro atoms. The molecule has 0 amide bonds. The van der Waals surface area contributed by atoms with Gasteiger partial charge in [0.1, 0.15) is 11.5 Å². The van der Waals surface area contributed by atoms with Gasteiger partial charge in [0.15, 0.2) is 0 Å². The van der Waals surface area contributed by atoms with Crippen molar-refractivity contribution in [3.8, 4) is 0 Å². The highest BCUT2D eigenvalue weighted by molar-refractivity contribution is 5.09. The molecule has 1 rings (SSSR count). The molecule has 0 aromatic carbocycles. The highest BCUT2D eigenvalue weighted by Gasteiger charge is 2.14. The van der Waals surface area contributed by atoms with E-state index in [1.165, 1.54) is 25.7 Å². The summed E-state index contributed by atoms with van der Waals surface area (Å²) >= 11 is 0. The van der Waals surface area contributed by atoms with Crippen LogP contribution in [-0.2, 0) is 0 Å². The predicted octanol–water partition coefficient (Wildman–Crippen LogP) is 4.21. The smallest absolute Gasteiger partial charge is 0.120 e. The maximum absolute atomic E-state index is 5.64. The van der Waals surface area contributed by atoms with Crippen molar-refractivity contribution in [2.45, 2.75) is 65.5 Å². The quantitative estimate of drug-likeness (QED) is 0.749. The van der Waals surface area contributed by atoms with Crippen molar-refractivity contribution in [2.75, 3.05) is 0 Å². The second kappa shape index (κ2) is 6.74. The molecule has 16 heavy (non-hydrogen) atoms. The minimum atomic E-state index is 0.316. The summed E-state index contributed by atoms with van der Waals surface area (Å²) in [5.41, 5.74) is 0. The first kappa shape index (κ1) is 13.3. The predicted molar refractivity (Wildman–Crippen MR) is 68.6 cm³/mol. The minimum Gasteiger partial charge on any atom is -0.465 e. The first-order chi connectivity index (χ1) is 7.67. The van der Waals surface area contributed by atoms with Crippen molar-refractivity contribution in [2.24, 2.45) is 0 Å². The van der Waals surface area contributed by atoms with Crippen LogP contribution in [0, 0.1) is 6.92 Å². The fourth-order valence-corrected chi connectivity index (χ4v) is 2.13. The van der Waals surface area contributed by atoms with Gasteiger partial charge in [0.05, 0.1) is 6.04 Å². The highest BCUT2D eigenvalue weighted by Crippen LogP contribution is 2.18. The summed E-state index contributed by atoms with van der Waals surface area (Å²) < 4.78 is 5.64. The zero-order chi connectivity index (χ0) is 12.0. The largest absolute Gasteiger partial charge is 0.465 e. The average molecular weight is 223 g/mol. The van der Waals surface area contributed by atoms with E-state index in [2.05, 4.69) is 32.2 Å². The molecule has 0 aliphatic rings. The molecule has 0 aliphatic carbocycles. The molecular weight excluding hydrogens is 198 g/mol. The number of hydrogen-bond acceptors (Lipinski definition) is 2. The second-order valence-electron chi connectivity index (χ2n) is 4.61. The van der Waals surface area contributed by atoms with E-state index in [1.54, 1.807) is 0 Å². The van der Waals surface area contributed by atoms with E-state index >= 15 is 0 Å². The summed E-state index contributed by atoms with van der Waals surface area (Å²) in [6.07, 6.45) is 4.97. The Labute approximate surface area is 99.4 Å². The fraction of sp³-hybridized carbons (Fsp3) is 0.714. The first-order valence-electron chi connectivity index (χ1n) is 6.49. The molecule has 1 heterocycles. The summed E-state index contributed by atoms with van der Waals surface area (Å²) in [5, 5.41) is 3.65. The van der Waals surface area contributed by atoms with Gasteiger partial charge >= 0.3 is 0 Å². The van der Waals surface area contributed by atoms with Crippen LogP contribution in [-0.4, -0.2) is 6.04 Å². The zero-order valence-electron chi connectivity index (χ0n) is 11.0. The molecule has 0 radical (unpaired) electrons. The van der Waals surface area contributed by atoms with Gasteiger partial charge in [-0.15, -0.1) is 0 Å². The lowest BCUT2D eigenvalue weighted by atomic mass is 10.1. The Balaban J connectivity index is 2.50. The Morgan fingerprint density at radius 3 is 2.25 bits per heavy atom. The summed E-state index contributed by atoms with van der Waals surface area (Å²) in [7, 11) is 0. The van der Waals surface area contributed by atoms with E-state index in [-0.39, 0.29) is 0 Å². The van der Waals surface area contributed by atoms with E-state index in [0.29, 0.717) is 12.1 Å². The molecule has 1 atom stereocenters. The number of furan rings is 1. The molecule has 0 bridgehead atoms. The summed E-state index contributed by atoms with van der Waals surface area (Å²) in [4.78, 5) is 0. The van der Waals surface area contributed by atoms with E-state index in [4.69, 9.17) is 4.42 Å². The summed E-state index contributed by atoms with van der Waals surface area (Å²) in [5.74, 6) is 2.04. The summed E-state index contributed by atoms with van der Waals surface area (Å²) in [6.45, 7) is 8.65. The molecule has 1 unspecified atom stereocenters. The van der Waals surface area contributed by atoms with Gasteiger partial charge in [0.25, 0.3) is 0 Å². The van der Waals surface area contributed by atoms with Gasteiger partial charge in [-0.3, -0.25) is 0 Å². The van der Waals surface area contributed by atoms with Gasteiger partial charge in [-0.1, -0.05) is 26.7 Å². The molecule has 92 valence electrons. The zero-order valence-corrected chi connectivity index (χ0v) is 11.0. The van der Waals surface area contributed by atoms with Crippen molar-refractivity contribution < 1.29 is 4.42 Å². The molecule has 1 N–H and O–H groups in total. The third-order valence-electron chi connectivity index (χ3n) is 2.95. The Morgan fingerprint density at radius 2 is 1.81 bits per heavy atom. The lowest BCUT2D eigenvalue weighted by Crippen LogP contribution is -2.31. The molecular formula is C14H25NO. The fourth-order valence-electron chi connectivity index (χ4n) is 2.13. The molecule has 0 saturated heterocycles. The summed E-state index contributed by atoms with van der Waals surface area (Å²) in [6, 6.07) is 5.04. The molecule has 0 fully saturated rings. The van der Waals surface area contributed by atoms with Crippen LogP contribution in [0.15, 0.2) is 16.5 Å². The molecule has 2 heteroatoms. The SMILES string of the molecule is CCCC(CCC)NC(C)c1ccc(C)o1. The van der Waals surface area contributed by atoms with Crippen molar-refractivity contribution >= 4 is 0 Å². The Bertz CT molecular complexity index is 287. The Hall–Kier alpha value is -0.760. The lowest BCUT2D eigenvalue weighted by molar-refractivity contribution is 0.354. The van der Waals surface area contributed by atoms with Gasteiger partial charge in [-0.05, 0) is 38.8 Å². The van der Waals surface area contributed by atoms with Gasteiger partial charge in [0.2, 0.25) is 0 Å². The van der Waals surface area contributed by atoms with E-state index in [0.717, 1.165) is 11.5 Å². The van der Waals surface area contributed by atoms with Crippen LogP contribution in [0.4, 0.5) is 0 Å². The normalized spacial score (nSPS) is 13.3. The third-order valence-corrected chi connectivity index (χ3v) is 2.95. The standard InChI is InChI=1S/C14H25NO/c1-5-7-13(8-6-2)15-12(4)14-10-9-11(3)16-14/h9-10,12-13,15H,5-8H2,1-4H3. The highest BCUT2D eigenvalue weighted by atomic mass is 16.3. The van der Waals surface area contributed by atoms with Crippen LogP contribution < -0.4 is 5.32 Å². The number of hydrogen-bond donors (Lipinski definition) is 1. The maximum Gasteiger partial charge on any atom is 0.120 e. The van der Waals surface area contributed by atoms with Crippen molar-refractivity contribution in [3.63, 3.8) is 0 Å². The second-order valence-corrected chi connectivity index (χ2v) is 4.61. The van der Waals surface area contributed by atoms with Crippen molar-refractivity contribution in [3.05, 3.63) is 23.7 Å². The van der Waals surface area contributed by atoms with Crippen LogP contribution in [0.1, 0.15) is 64.0 Å². The molecule has 2 nitrogen and oxygen atoms in total. The number of rotatable bonds is 7.